The topological polar surface area (TPSA) is 89.3 Å². The molecule has 19 heavy (non-hydrogen) atoms. The van der Waals surface area contributed by atoms with Gasteiger partial charge in [0.15, 0.2) is 9.84 Å². The van der Waals surface area contributed by atoms with Gasteiger partial charge in [-0.3, -0.25) is 4.79 Å². The molecule has 3 N–H and O–H groups in total. The highest BCUT2D eigenvalue weighted by atomic mass is 32.2. The molecular formula is C13H18N2O3S. The molecule has 6 heteroatoms. The van der Waals surface area contributed by atoms with Gasteiger partial charge in [-0.15, -0.1) is 0 Å². The number of rotatable bonds is 3. The van der Waals surface area contributed by atoms with E-state index in [1.54, 1.807) is 25.1 Å². The van der Waals surface area contributed by atoms with E-state index in [1.165, 1.54) is 0 Å². The number of nitrogens with one attached hydrogen (secondary N) is 1. The summed E-state index contributed by atoms with van der Waals surface area (Å²) in [6.45, 7) is 2.19. The molecule has 1 aliphatic rings. The Kier molecular flexibility index (Phi) is 3.80. The number of carbonyl (C=O) groups is 1. The SMILES string of the molecule is Cc1c(N)cccc1C(=O)NCC1CCS(=O)(=O)C1. The monoisotopic (exact) mass is 282 g/mol. The van der Waals surface area contributed by atoms with Crippen molar-refractivity contribution in [2.24, 2.45) is 5.92 Å². The largest absolute Gasteiger partial charge is 0.398 e. The van der Waals surface area contributed by atoms with Crippen LogP contribution in [0, 0.1) is 12.8 Å². The van der Waals surface area contributed by atoms with Gasteiger partial charge in [-0.1, -0.05) is 6.07 Å². The normalized spacial score (nSPS) is 21.2. The zero-order valence-electron chi connectivity index (χ0n) is 10.8. The number of anilines is 1. The molecule has 0 spiro atoms. The lowest BCUT2D eigenvalue weighted by molar-refractivity contribution is 0.0948. The third-order valence-electron chi connectivity index (χ3n) is 3.50. The molecule has 1 atom stereocenters. The van der Waals surface area contributed by atoms with Crippen molar-refractivity contribution in [3.05, 3.63) is 29.3 Å². The Hall–Kier alpha value is -1.56. The molecule has 0 radical (unpaired) electrons. The number of benzene rings is 1. The molecule has 0 bridgehead atoms. The van der Waals surface area contributed by atoms with Crippen LogP contribution in [0.2, 0.25) is 0 Å². The molecule has 1 unspecified atom stereocenters. The summed E-state index contributed by atoms with van der Waals surface area (Å²) in [5.74, 6) is 0.220. The van der Waals surface area contributed by atoms with E-state index in [2.05, 4.69) is 5.32 Å². The predicted octanol–water partition coefficient (Wildman–Crippen LogP) is 0.742. The van der Waals surface area contributed by atoms with E-state index in [0.29, 0.717) is 24.2 Å². The summed E-state index contributed by atoms with van der Waals surface area (Å²) in [6, 6.07) is 5.19. The Morgan fingerprint density at radius 3 is 2.84 bits per heavy atom. The standard InChI is InChI=1S/C13H18N2O3S/c1-9-11(3-2-4-12(9)14)13(16)15-7-10-5-6-19(17,18)8-10/h2-4,10H,5-8,14H2,1H3,(H,15,16). The van der Waals surface area contributed by atoms with Gasteiger partial charge in [0.05, 0.1) is 11.5 Å². The zero-order chi connectivity index (χ0) is 14.0. The molecule has 1 heterocycles. The summed E-state index contributed by atoms with van der Waals surface area (Å²) in [6.07, 6.45) is 0.624. The summed E-state index contributed by atoms with van der Waals surface area (Å²) >= 11 is 0. The second-order valence-electron chi connectivity index (χ2n) is 5.00. The minimum Gasteiger partial charge on any atom is -0.398 e. The fourth-order valence-electron chi connectivity index (χ4n) is 2.26. The van der Waals surface area contributed by atoms with Crippen LogP contribution in [-0.2, 0) is 9.84 Å². The average Bonchev–Trinajstić information content (AvgIpc) is 2.69. The maximum absolute atomic E-state index is 12.0. The molecule has 1 aromatic carbocycles. The number of nitrogen functional groups attached to an aromatic ring is 1. The van der Waals surface area contributed by atoms with Gasteiger partial charge in [-0.05, 0) is 37.0 Å². The number of hydrogen-bond donors (Lipinski definition) is 2. The number of hydrogen-bond acceptors (Lipinski definition) is 4. The average molecular weight is 282 g/mol. The first-order chi connectivity index (χ1) is 8.89. The molecule has 1 amide bonds. The van der Waals surface area contributed by atoms with Crippen LogP contribution < -0.4 is 11.1 Å². The van der Waals surface area contributed by atoms with Crippen LogP contribution in [0.5, 0.6) is 0 Å². The fourth-order valence-corrected chi connectivity index (χ4v) is 4.13. The highest BCUT2D eigenvalue weighted by Gasteiger charge is 2.28. The van der Waals surface area contributed by atoms with Gasteiger partial charge >= 0.3 is 0 Å². The number of carbonyl (C=O) groups excluding carboxylic acids is 1. The second kappa shape index (κ2) is 5.21. The number of sulfone groups is 1. The molecule has 0 saturated carbocycles. The Morgan fingerprint density at radius 2 is 2.21 bits per heavy atom. The van der Waals surface area contributed by atoms with Crippen molar-refractivity contribution in [2.45, 2.75) is 13.3 Å². The van der Waals surface area contributed by atoms with Crippen molar-refractivity contribution in [1.82, 2.24) is 5.32 Å². The van der Waals surface area contributed by atoms with E-state index in [1.807, 2.05) is 0 Å². The lowest BCUT2D eigenvalue weighted by atomic mass is 10.1. The van der Waals surface area contributed by atoms with Crippen molar-refractivity contribution in [1.29, 1.82) is 0 Å². The molecule has 1 aliphatic heterocycles. The smallest absolute Gasteiger partial charge is 0.251 e. The summed E-state index contributed by atoms with van der Waals surface area (Å²) < 4.78 is 22.7. The highest BCUT2D eigenvalue weighted by molar-refractivity contribution is 7.91. The summed E-state index contributed by atoms with van der Waals surface area (Å²) in [4.78, 5) is 12.0. The van der Waals surface area contributed by atoms with Crippen molar-refractivity contribution in [3.8, 4) is 0 Å². The molecule has 5 nitrogen and oxygen atoms in total. The third kappa shape index (κ3) is 3.26. The van der Waals surface area contributed by atoms with Crippen LogP contribution in [0.3, 0.4) is 0 Å². The van der Waals surface area contributed by atoms with Crippen LogP contribution in [0.15, 0.2) is 18.2 Å². The predicted molar refractivity (Wildman–Crippen MR) is 74.7 cm³/mol. The second-order valence-corrected chi connectivity index (χ2v) is 7.23. The quantitative estimate of drug-likeness (QED) is 0.800. The lowest BCUT2D eigenvalue weighted by Crippen LogP contribution is -2.30. The highest BCUT2D eigenvalue weighted by Crippen LogP contribution is 2.18. The van der Waals surface area contributed by atoms with Gasteiger partial charge in [-0.25, -0.2) is 8.42 Å². The van der Waals surface area contributed by atoms with Gasteiger partial charge in [0.1, 0.15) is 0 Å². The minimum atomic E-state index is -2.89. The molecule has 0 aromatic heterocycles. The van der Waals surface area contributed by atoms with Gasteiger partial charge in [0.2, 0.25) is 0 Å². The van der Waals surface area contributed by atoms with Crippen molar-refractivity contribution < 1.29 is 13.2 Å². The Labute approximate surface area is 113 Å². The molecular weight excluding hydrogens is 264 g/mol. The van der Waals surface area contributed by atoms with Crippen LogP contribution in [0.4, 0.5) is 5.69 Å². The first kappa shape index (κ1) is 13.9. The molecule has 0 aliphatic carbocycles. The first-order valence-electron chi connectivity index (χ1n) is 6.23. The van der Waals surface area contributed by atoms with E-state index in [0.717, 1.165) is 5.56 Å². The third-order valence-corrected chi connectivity index (χ3v) is 5.34. The summed E-state index contributed by atoms with van der Waals surface area (Å²) in [5.41, 5.74) is 7.62. The molecule has 104 valence electrons. The zero-order valence-corrected chi connectivity index (χ0v) is 11.7. The molecule has 1 fully saturated rings. The van der Waals surface area contributed by atoms with E-state index < -0.39 is 9.84 Å². The summed E-state index contributed by atoms with van der Waals surface area (Å²) in [5, 5.41) is 2.79. The lowest BCUT2D eigenvalue weighted by Gasteiger charge is -2.12. The molecule has 2 rings (SSSR count). The van der Waals surface area contributed by atoms with Gasteiger partial charge < -0.3 is 11.1 Å². The summed E-state index contributed by atoms with van der Waals surface area (Å²) in [7, 11) is -2.89. The van der Waals surface area contributed by atoms with E-state index in [-0.39, 0.29) is 23.3 Å². The van der Waals surface area contributed by atoms with E-state index >= 15 is 0 Å². The van der Waals surface area contributed by atoms with Crippen LogP contribution >= 0.6 is 0 Å². The van der Waals surface area contributed by atoms with Crippen molar-refractivity contribution in [3.63, 3.8) is 0 Å². The Bertz CT molecular complexity index is 596. The Morgan fingerprint density at radius 1 is 1.47 bits per heavy atom. The van der Waals surface area contributed by atoms with Crippen LogP contribution in [0.25, 0.3) is 0 Å². The van der Waals surface area contributed by atoms with E-state index in [4.69, 9.17) is 5.73 Å². The van der Waals surface area contributed by atoms with Gasteiger partial charge in [-0.2, -0.15) is 0 Å². The van der Waals surface area contributed by atoms with E-state index in [9.17, 15) is 13.2 Å². The van der Waals surface area contributed by atoms with Gasteiger partial charge in [0.25, 0.3) is 5.91 Å². The maximum Gasteiger partial charge on any atom is 0.251 e. The fraction of sp³-hybridized carbons (Fsp3) is 0.462. The first-order valence-corrected chi connectivity index (χ1v) is 8.05. The molecule has 1 aromatic rings. The van der Waals surface area contributed by atoms with Crippen LogP contribution in [0.1, 0.15) is 22.3 Å². The number of nitrogens with two attached hydrogens (primary N) is 1. The van der Waals surface area contributed by atoms with Crippen molar-refractivity contribution >= 4 is 21.4 Å². The minimum absolute atomic E-state index is 0.0234. The number of amides is 1. The molecule has 1 saturated heterocycles. The Balaban J connectivity index is 1.97. The van der Waals surface area contributed by atoms with Crippen LogP contribution in [-0.4, -0.2) is 32.4 Å². The van der Waals surface area contributed by atoms with Gasteiger partial charge in [0, 0.05) is 17.8 Å². The maximum atomic E-state index is 12.0. The van der Waals surface area contributed by atoms with Crippen molar-refractivity contribution in [2.75, 3.05) is 23.8 Å².